The highest BCUT2D eigenvalue weighted by molar-refractivity contribution is 9.09. The topological polar surface area (TPSA) is 3.24 Å². The van der Waals surface area contributed by atoms with Crippen molar-refractivity contribution < 1.29 is 0 Å². The summed E-state index contributed by atoms with van der Waals surface area (Å²) in [5.41, 5.74) is 4.47. The minimum Gasteiger partial charge on any atom is -0.371 e. The van der Waals surface area contributed by atoms with Crippen LogP contribution in [-0.2, 0) is 6.42 Å². The highest BCUT2D eigenvalue weighted by Gasteiger charge is 2.15. The van der Waals surface area contributed by atoms with Gasteiger partial charge in [-0.15, -0.1) is 0 Å². The van der Waals surface area contributed by atoms with Crippen molar-refractivity contribution in [2.75, 3.05) is 23.3 Å². The van der Waals surface area contributed by atoms with Crippen molar-refractivity contribution in [3.63, 3.8) is 0 Å². The third-order valence-corrected chi connectivity index (χ3v) is 5.07. The van der Waals surface area contributed by atoms with Gasteiger partial charge in [0, 0.05) is 24.1 Å². The van der Waals surface area contributed by atoms with Gasteiger partial charge in [-0.3, -0.25) is 0 Å². The molecule has 0 atom stereocenters. The zero-order chi connectivity index (χ0) is 14.9. The van der Waals surface area contributed by atoms with Crippen LogP contribution in [0.1, 0.15) is 62.5 Å². The van der Waals surface area contributed by atoms with E-state index in [1.807, 2.05) is 0 Å². The SMILES string of the molecule is Cc1ccc2c(c1)CCCN2CCCCCCCCCBr. The van der Waals surface area contributed by atoms with Crippen molar-refractivity contribution in [2.45, 2.75) is 64.7 Å². The van der Waals surface area contributed by atoms with Gasteiger partial charge >= 0.3 is 0 Å². The lowest BCUT2D eigenvalue weighted by Crippen LogP contribution is -2.30. The van der Waals surface area contributed by atoms with Gasteiger partial charge in [-0.25, -0.2) is 0 Å². The Morgan fingerprint density at radius 3 is 2.48 bits per heavy atom. The van der Waals surface area contributed by atoms with E-state index in [4.69, 9.17) is 0 Å². The Hall–Kier alpha value is -0.500. The summed E-state index contributed by atoms with van der Waals surface area (Å²) in [6, 6.07) is 6.98. The second-order valence-corrected chi connectivity index (χ2v) is 7.18. The quantitative estimate of drug-likeness (QED) is 0.397. The lowest BCUT2D eigenvalue weighted by molar-refractivity contribution is 0.577. The predicted octanol–water partition coefficient (Wildman–Crippen LogP) is 5.87. The maximum atomic E-state index is 3.50. The number of halogens is 1. The summed E-state index contributed by atoms with van der Waals surface area (Å²) in [6.07, 6.45) is 12.3. The Balaban J connectivity index is 1.66. The molecule has 21 heavy (non-hydrogen) atoms. The van der Waals surface area contributed by atoms with Gasteiger partial charge in [0.15, 0.2) is 0 Å². The Labute approximate surface area is 139 Å². The Morgan fingerprint density at radius 2 is 1.71 bits per heavy atom. The molecule has 0 fully saturated rings. The number of anilines is 1. The van der Waals surface area contributed by atoms with Crippen LogP contribution in [0.5, 0.6) is 0 Å². The van der Waals surface area contributed by atoms with E-state index in [0.717, 1.165) is 0 Å². The Kier molecular flexibility index (Phi) is 7.63. The van der Waals surface area contributed by atoms with Crippen LogP contribution < -0.4 is 4.90 Å². The van der Waals surface area contributed by atoms with Crippen LogP contribution in [-0.4, -0.2) is 18.4 Å². The summed E-state index contributed by atoms with van der Waals surface area (Å²) in [6.45, 7) is 4.70. The highest BCUT2D eigenvalue weighted by atomic mass is 79.9. The molecule has 2 rings (SSSR count). The number of unbranched alkanes of at least 4 members (excludes halogenated alkanes) is 6. The minimum absolute atomic E-state index is 1.17. The molecule has 0 amide bonds. The molecule has 0 aliphatic carbocycles. The lowest BCUT2D eigenvalue weighted by Gasteiger charge is -2.31. The van der Waals surface area contributed by atoms with E-state index >= 15 is 0 Å². The molecule has 1 nitrogen and oxygen atoms in total. The van der Waals surface area contributed by atoms with Crippen LogP contribution in [0.3, 0.4) is 0 Å². The van der Waals surface area contributed by atoms with Gasteiger partial charge < -0.3 is 4.90 Å². The predicted molar refractivity (Wildman–Crippen MR) is 97.8 cm³/mol. The summed E-state index contributed by atoms with van der Waals surface area (Å²) >= 11 is 3.50. The molecule has 0 N–H and O–H groups in total. The first-order valence-electron chi connectivity index (χ1n) is 8.71. The maximum Gasteiger partial charge on any atom is 0.0398 e. The molecule has 0 radical (unpaired) electrons. The highest BCUT2D eigenvalue weighted by Crippen LogP contribution is 2.28. The smallest absolute Gasteiger partial charge is 0.0398 e. The number of hydrogen-bond donors (Lipinski definition) is 0. The molecular weight excluding hydrogens is 322 g/mol. The van der Waals surface area contributed by atoms with Gasteiger partial charge in [0.2, 0.25) is 0 Å². The second-order valence-electron chi connectivity index (χ2n) is 6.39. The van der Waals surface area contributed by atoms with Crippen LogP contribution in [0.25, 0.3) is 0 Å². The number of nitrogens with zero attached hydrogens (tertiary/aromatic N) is 1. The van der Waals surface area contributed by atoms with E-state index in [1.165, 1.54) is 87.5 Å². The summed E-state index contributed by atoms with van der Waals surface area (Å²) in [4.78, 5) is 2.61. The first-order valence-corrected chi connectivity index (χ1v) is 9.84. The molecule has 1 heterocycles. The van der Waals surface area contributed by atoms with Crippen LogP contribution in [0, 0.1) is 6.92 Å². The van der Waals surface area contributed by atoms with Crippen LogP contribution in [0.2, 0.25) is 0 Å². The van der Waals surface area contributed by atoms with Crippen molar-refractivity contribution in [2.24, 2.45) is 0 Å². The third kappa shape index (κ3) is 5.65. The fourth-order valence-electron chi connectivity index (χ4n) is 3.32. The summed E-state index contributed by atoms with van der Waals surface area (Å²) in [5, 5.41) is 1.17. The van der Waals surface area contributed by atoms with Gasteiger partial charge in [0.05, 0.1) is 0 Å². The standard InChI is InChI=1S/C19H30BrN/c1-17-11-12-19-18(16-17)10-9-15-21(19)14-8-6-4-2-3-5-7-13-20/h11-12,16H,2-10,13-15H2,1H3. The number of benzene rings is 1. The van der Waals surface area contributed by atoms with Crippen molar-refractivity contribution in [3.05, 3.63) is 29.3 Å². The van der Waals surface area contributed by atoms with E-state index in [0.29, 0.717) is 0 Å². The van der Waals surface area contributed by atoms with E-state index in [9.17, 15) is 0 Å². The number of hydrogen-bond acceptors (Lipinski definition) is 1. The van der Waals surface area contributed by atoms with Crippen LogP contribution >= 0.6 is 15.9 Å². The molecule has 0 aromatic heterocycles. The molecule has 0 saturated heterocycles. The number of rotatable bonds is 9. The monoisotopic (exact) mass is 351 g/mol. The first-order chi connectivity index (χ1) is 10.3. The fraction of sp³-hybridized carbons (Fsp3) is 0.684. The zero-order valence-corrected chi connectivity index (χ0v) is 15.1. The largest absolute Gasteiger partial charge is 0.371 e. The van der Waals surface area contributed by atoms with Crippen LogP contribution in [0.15, 0.2) is 18.2 Å². The lowest BCUT2D eigenvalue weighted by atomic mass is 9.99. The van der Waals surface area contributed by atoms with Gasteiger partial charge in [-0.2, -0.15) is 0 Å². The van der Waals surface area contributed by atoms with Gasteiger partial charge in [-0.1, -0.05) is 65.7 Å². The number of fused-ring (bicyclic) bond motifs is 1. The second kappa shape index (κ2) is 9.50. The molecule has 0 saturated carbocycles. The molecule has 118 valence electrons. The molecule has 0 bridgehead atoms. The van der Waals surface area contributed by atoms with Crippen molar-refractivity contribution in [1.82, 2.24) is 0 Å². The van der Waals surface area contributed by atoms with E-state index in [1.54, 1.807) is 5.56 Å². The van der Waals surface area contributed by atoms with Gasteiger partial charge in [0.1, 0.15) is 0 Å². The summed E-state index contributed by atoms with van der Waals surface area (Å²) < 4.78 is 0. The molecule has 0 unspecified atom stereocenters. The van der Waals surface area contributed by atoms with Gasteiger partial charge in [-0.05, 0) is 44.2 Å². The Morgan fingerprint density at radius 1 is 1.00 bits per heavy atom. The summed E-state index contributed by atoms with van der Waals surface area (Å²) in [7, 11) is 0. The van der Waals surface area contributed by atoms with E-state index < -0.39 is 0 Å². The maximum absolute atomic E-state index is 3.50. The first kappa shape index (κ1) is 16.9. The number of aryl methyl sites for hydroxylation is 2. The average Bonchev–Trinajstić information content (AvgIpc) is 2.49. The molecule has 2 heteroatoms. The van der Waals surface area contributed by atoms with Crippen molar-refractivity contribution in [1.29, 1.82) is 0 Å². The van der Waals surface area contributed by atoms with E-state index in [2.05, 4.69) is 46.0 Å². The normalized spacial score (nSPS) is 14.3. The molecule has 1 aliphatic rings. The van der Waals surface area contributed by atoms with Crippen LogP contribution in [0.4, 0.5) is 5.69 Å². The van der Waals surface area contributed by atoms with Crippen molar-refractivity contribution >= 4 is 21.6 Å². The molecular formula is C19H30BrN. The molecule has 1 aromatic rings. The zero-order valence-electron chi connectivity index (χ0n) is 13.5. The Bertz CT molecular complexity index is 416. The third-order valence-electron chi connectivity index (χ3n) is 4.51. The molecule has 0 spiro atoms. The fourth-order valence-corrected chi connectivity index (χ4v) is 3.71. The average molecular weight is 352 g/mol. The molecule has 1 aromatic carbocycles. The van der Waals surface area contributed by atoms with Gasteiger partial charge in [0.25, 0.3) is 0 Å². The minimum atomic E-state index is 1.17. The van der Waals surface area contributed by atoms with Crippen molar-refractivity contribution in [3.8, 4) is 0 Å². The molecule has 1 aliphatic heterocycles. The number of alkyl halides is 1. The van der Waals surface area contributed by atoms with E-state index in [-0.39, 0.29) is 0 Å². The summed E-state index contributed by atoms with van der Waals surface area (Å²) in [5.74, 6) is 0.